The van der Waals surface area contributed by atoms with Gasteiger partial charge in [-0.1, -0.05) is 0 Å². The van der Waals surface area contributed by atoms with E-state index in [-0.39, 0.29) is 5.75 Å². The van der Waals surface area contributed by atoms with Gasteiger partial charge in [-0.2, -0.15) is 8.42 Å². The maximum Gasteiger partial charge on any atom is 0.265 e. The molecule has 0 unspecified atom stereocenters. The molecule has 0 bridgehead atoms. The number of rotatable bonds is 5. The van der Waals surface area contributed by atoms with Crippen LogP contribution in [-0.2, 0) is 10.1 Å². The van der Waals surface area contributed by atoms with Gasteiger partial charge in [-0.05, 0) is 6.92 Å². The second-order valence-corrected chi connectivity index (χ2v) is 5.19. The highest BCUT2D eigenvalue weighted by molar-refractivity contribution is 7.85. The van der Waals surface area contributed by atoms with Gasteiger partial charge in [-0.3, -0.25) is 4.55 Å². The Morgan fingerprint density at radius 1 is 1.33 bits per heavy atom. The van der Waals surface area contributed by atoms with Gasteiger partial charge in [0.15, 0.2) is 0 Å². The van der Waals surface area contributed by atoms with Gasteiger partial charge in [0, 0.05) is 6.42 Å². The maximum absolute atomic E-state index is 10.4. The molecule has 0 fully saturated rings. The van der Waals surface area contributed by atoms with Crippen molar-refractivity contribution in [1.29, 1.82) is 0 Å². The summed E-state index contributed by atoms with van der Waals surface area (Å²) in [6, 6.07) is 0. The summed E-state index contributed by atoms with van der Waals surface area (Å²) < 4.78 is 29.9. The summed E-state index contributed by atoms with van der Waals surface area (Å²) in [6.45, 7) is 3.79. The average molecular weight is 196 g/mol. The molecular weight excluding hydrogens is 178 g/mol. The minimum absolute atomic E-state index is 0.130. The fourth-order valence-electron chi connectivity index (χ4n) is 0.833. The van der Waals surface area contributed by atoms with Gasteiger partial charge in [0.05, 0.1) is 32.9 Å². The van der Waals surface area contributed by atoms with Crippen LogP contribution < -0.4 is 0 Å². The van der Waals surface area contributed by atoms with E-state index in [2.05, 4.69) is 0 Å². The molecule has 0 spiro atoms. The van der Waals surface area contributed by atoms with Crippen LogP contribution in [0.2, 0.25) is 0 Å². The van der Waals surface area contributed by atoms with E-state index in [0.29, 0.717) is 6.42 Å². The lowest BCUT2D eigenvalue weighted by Gasteiger charge is -2.27. The first kappa shape index (κ1) is 11.9. The lowest BCUT2D eigenvalue weighted by molar-refractivity contribution is -0.888. The van der Waals surface area contributed by atoms with E-state index in [1.165, 1.54) is 0 Å². The van der Waals surface area contributed by atoms with Gasteiger partial charge < -0.3 is 4.48 Å². The standard InChI is InChI=1S/C7H17NO3S/c1-4-8(2,3)6-5-7-12(9,10)11/h4-7H2,1-3H3/p+1. The van der Waals surface area contributed by atoms with Crippen molar-refractivity contribution < 1.29 is 17.5 Å². The van der Waals surface area contributed by atoms with Gasteiger partial charge >= 0.3 is 0 Å². The normalized spacial score (nSPS) is 13.3. The molecular formula is C7H18NO3S+. The number of nitrogens with zero attached hydrogens (tertiary/aromatic N) is 1. The third-order valence-corrected chi connectivity index (χ3v) is 2.83. The summed E-state index contributed by atoms with van der Waals surface area (Å²) >= 11 is 0. The molecule has 4 nitrogen and oxygen atoms in total. The van der Waals surface area contributed by atoms with Crippen molar-refractivity contribution in [2.24, 2.45) is 0 Å². The van der Waals surface area contributed by atoms with Crippen LogP contribution in [0.1, 0.15) is 13.3 Å². The maximum atomic E-state index is 10.4. The molecule has 0 aromatic carbocycles. The largest absolute Gasteiger partial charge is 0.329 e. The minimum atomic E-state index is -3.76. The first-order valence-electron chi connectivity index (χ1n) is 4.04. The topological polar surface area (TPSA) is 54.4 Å². The van der Waals surface area contributed by atoms with Crippen molar-refractivity contribution in [3.8, 4) is 0 Å². The minimum Gasteiger partial charge on any atom is -0.329 e. The van der Waals surface area contributed by atoms with E-state index < -0.39 is 10.1 Å². The molecule has 0 aliphatic rings. The van der Waals surface area contributed by atoms with Crippen molar-refractivity contribution in [1.82, 2.24) is 0 Å². The lowest BCUT2D eigenvalue weighted by Crippen LogP contribution is -2.40. The molecule has 0 aromatic heterocycles. The quantitative estimate of drug-likeness (QED) is 0.510. The molecule has 0 saturated heterocycles. The Bertz CT molecular complexity index is 221. The number of hydrogen-bond acceptors (Lipinski definition) is 2. The van der Waals surface area contributed by atoms with Crippen LogP contribution in [0.5, 0.6) is 0 Å². The first-order chi connectivity index (χ1) is 5.27. The average Bonchev–Trinajstić information content (AvgIpc) is 1.84. The SMILES string of the molecule is CC[N+](C)(C)CCCS(=O)(=O)O. The van der Waals surface area contributed by atoms with E-state index in [0.717, 1.165) is 17.6 Å². The van der Waals surface area contributed by atoms with Crippen LogP contribution in [0.15, 0.2) is 0 Å². The van der Waals surface area contributed by atoms with Crippen LogP contribution in [0, 0.1) is 0 Å². The van der Waals surface area contributed by atoms with Crippen molar-refractivity contribution in [2.45, 2.75) is 13.3 Å². The van der Waals surface area contributed by atoms with E-state index in [4.69, 9.17) is 4.55 Å². The van der Waals surface area contributed by atoms with Crippen LogP contribution in [0.25, 0.3) is 0 Å². The van der Waals surface area contributed by atoms with Crippen LogP contribution in [0.3, 0.4) is 0 Å². The van der Waals surface area contributed by atoms with E-state index in [9.17, 15) is 8.42 Å². The monoisotopic (exact) mass is 196 g/mol. The summed E-state index contributed by atoms with van der Waals surface area (Å²) in [5.41, 5.74) is 0. The highest BCUT2D eigenvalue weighted by Crippen LogP contribution is 1.99. The Hall–Kier alpha value is -0.130. The van der Waals surface area contributed by atoms with Gasteiger partial charge in [-0.15, -0.1) is 0 Å². The number of hydrogen-bond donors (Lipinski definition) is 1. The van der Waals surface area contributed by atoms with Crippen molar-refractivity contribution in [3.05, 3.63) is 0 Å². The summed E-state index contributed by atoms with van der Waals surface area (Å²) in [4.78, 5) is 0. The summed E-state index contributed by atoms with van der Waals surface area (Å²) in [5, 5.41) is 0. The zero-order valence-corrected chi connectivity index (χ0v) is 8.76. The van der Waals surface area contributed by atoms with Crippen molar-refractivity contribution in [2.75, 3.05) is 32.9 Å². The Morgan fingerprint density at radius 3 is 2.17 bits per heavy atom. The summed E-state index contributed by atoms with van der Waals surface area (Å²) in [6.07, 6.45) is 0.514. The lowest BCUT2D eigenvalue weighted by atomic mass is 10.4. The Balaban J connectivity index is 3.72. The molecule has 0 aliphatic heterocycles. The first-order valence-corrected chi connectivity index (χ1v) is 5.65. The Labute approximate surface area is 74.5 Å². The van der Waals surface area contributed by atoms with E-state index in [1.54, 1.807) is 0 Å². The fourth-order valence-corrected chi connectivity index (χ4v) is 1.33. The third kappa shape index (κ3) is 6.57. The predicted molar refractivity (Wildman–Crippen MR) is 48.5 cm³/mol. The molecule has 0 rings (SSSR count). The smallest absolute Gasteiger partial charge is 0.265 e. The van der Waals surface area contributed by atoms with Crippen LogP contribution in [0.4, 0.5) is 0 Å². The van der Waals surface area contributed by atoms with E-state index in [1.807, 2.05) is 21.0 Å². The molecule has 0 saturated carbocycles. The second-order valence-electron chi connectivity index (χ2n) is 3.62. The zero-order chi connectivity index (χ0) is 9.83. The second kappa shape index (κ2) is 4.20. The molecule has 1 N–H and O–H groups in total. The van der Waals surface area contributed by atoms with Gasteiger partial charge in [-0.25, -0.2) is 0 Å². The van der Waals surface area contributed by atoms with Crippen molar-refractivity contribution in [3.63, 3.8) is 0 Å². The highest BCUT2D eigenvalue weighted by atomic mass is 32.2. The van der Waals surface area contributed by atoms with Gasteiger partial charge in [0.2, 0.25) is 0 Å². The molecule has 0 amide bonds. The molecule has 12 heavy (non-hydrogen) atoms. The Kier molecular flexibility index (Phi) is 4.16. The predicted octanol–water partition coefficient (Wildman–Crippen LogP) is 0.361. The fraction of sp³-hybridized carbons (Fsp3) is 1.00. The molecule has 0 aromatic rings. The van der Waals surface area contributed by atoms with Gasteiger partial charge in [0.1, 0.15) is 0 Å². The van der Waals surface area contributed by atoms with Crippen LogP contribution in [-0.4, -0.2) is 50.4 Å². The molecule has 0 heterocycles. The molecule has 0 atom stereocenters. The highest BCUT2D eigenvalue weighted by Gasteiger charge is 2.13. The van der Waals surface area contributed by atoms with Crippen LogP contribution >= 0.6 is 0 Å². The molecule has 74 valence electrons. The van der Waals surface area contributed by atoms with E-state index >= 15 is 0 Å². The molecule has 0 radical (unpaired) electrons. The molecule has 0 aliphatic carbocycles. The molecule has 5 heteroatoms. The Morgan fingerprint density at radius 2 is 1.83 bits per heavy atom. The summed E-state index contributed by atoms with van der Waals surface area (Å²) in [7, 11) is 0.299. The third-order valence-electron chi connectivity index (χ3n) is 2.02. The van der Waals surface area contributed by atoms with Gasteiger partial charge in [0.25, 0.3) is 10.1 Å². The summed E-state index contributed by atoms with van der Waals surface area (Å²) in [5.74, 6) is -0.130. The van der Waals surface area contributed by atoms with Crippen molar-refractivity contribution >= 4 is 10.1 Å². The number of quaternary nitrogens is 1. The zero-order valence-electron chi connectivity index (χ0n) is 7.95.